The number of nitrogens with one attached hydrogen (secondary N) is 1. The second-order valence-corrected chi connectivity index (χ2v) is 1.87. The molecule has 0 rings (SSSR count). The van der Waals surface area contributed by atoms with Gasteiger partial charge < -0.3 is 5.11 Å². The van der Waals surface area contributed by atoms with E-state index in [1.807, 2.05) is 6.26 Å². The Balaban J connectivity index is 2.45. The van der Waals surface area contributed by atoms with Crippen molar-refractivity contribution >= 4 is 11.9 Å². The van der Waals surface area contributed by atoms with Crippen LogP contribution < -0.4 is 4.72 Å². The maximum absolute atomic E-state index is 8.24. The molecule has 7 heavy (non-hydrogen) atoms. The van der Waals surface area contributed by atoms with Crippen LogP contribution >= 0.6 is 11.9 Å². The quantitative estimate of drug-likeness (QED) is 0.412. The third-order valence-corrected chi connectivity index (χ3v) is 1.07. The summed E-state index contributed by atoms with van der Waals surface area (Å²) in [6.45, 7) is 1.19. The van der Waals surface area contributed by atoms with Gasteiger partial charge in [0, 0.05) is 13.2 Å². The van der Waals surface area contributed by atoms with E-state index in [1.54, 1.807) is 11.9 Å². The van der Waals surface area contributed by atoms with E-state index in [1.165, 1.54) is 0 Å². The zero-order chi connectivity index (χ0) is 5.54. The Morgan fingerprint density at radius 1 is 1.71 bits per heavy atom. The molecule has 0 fully saturated rings. The van der Waals surface area contributed by atoms with Crippen LogP contribution in [0.2, 0.25) is 0 Å². The minimum Gasteiger partial charge on any atom is -0.396 e. The zero-order valence-corrected chi connectivity index (χ0v) is 5.29. The Morgan fingerprint density at radius 3 is 2.86 bits per heavy atom. The minimum atomic E-state index is 0.285. The Hall–Kier alpha value is 0.270. The molecule has 2 nitrogen and oxygen atoms in total. The van der Waals surface area contributed by atoms with E-state index in [2.05, 4.69) is 4.72 Å². The standard InChI is InChI=1S/C4H11NOS/c1-7-5-3-2-4-6/h5-6H,2-4H2,1H3. The number of rotatable bonds is 4. The van der Waals surface area contributed by atoms with Crippen molar-refractivity contribution in [3.8, 4) is 0 Å². The lowest BCUT2D eigenvalue weighted by Gasteiger charge is -1.93. The molecule has 0 heterocycles. The van der Waals surface area contributed by atoms with Gasteiger partial charge in [0.05, 0.1) is 0 Å². The van der Waals surface area contributed by atoms with E-state index in [9.17, 15) is 0 Å². The van der Waals surface area contributed by atoms with Crippen molar-refractivity contribution in [2.45, 2.75) is 6.42 Å². The summed E-state index contributed by atoms with van der Waals surface area (Å²) < 4.78 is 3.01. The number of hydrogen-bond acceptors (Lipinski definition) is 3. The molecule has 0 aromatic rings. The smallest absolute Gasteiger partial charge is 0.0443 e. The average molecular weight is 121 g/mol. The molecule has 0 unspecified atom stereocenters. The van der Waals surface area contributed by atoms with Crippen molar-refractivity contribution in [1.82, 2.24) is 4.72 Å². The van der Waals surface area contributed by atoms with E-state index < -0.39 is 0 Å². The maximum Gasteiger partial charge on any atom is 0.0443 e. The van der Waals surface area contributed by atoms with Gasteiger partial charge in [-0.25, -0.2) is 0 Å². The van der Waals surface area contributed by atoms with E-state index in [0.717, 1.165) is 13.0 Å². The molecular formula is C4H11NOS. The molecule has 3 heteroatoms. The van der Waals surface area contributed by atoms with Gasteiger partial charge in [-0.15, -0.1) is 0 Å². The van der Waals surface area contributed by atoms with Crippen LogP contribution in [-0.4, -0.2) is 24.5 Å². The van der Waals surface area contributed by atoms with E-state index in [0.29, 0.717) is 0 Å². The molecule has 0 aromatic carbocycles. The Kier molecular flexibility index (Phi) is 6.51. The molecule has 2 N–H and O–H groups in total. The topological polar surface area (TPSA) is 32.3 Å². The molecule has 0 aliphatic carbocycles. The molecule has 0 aliphatic heterocycles. The van der Waals surface area contributed by atoms with Gasteiger partial charge in [0.1, 0.15) is 0 Å². The predicted octanol–water partition coefficient (Wildman–Crippen LogP) is 0.236. The predicted molar refractivity (Wildman–Crippen MR) is 33.2 cm³/mol. The van der Waals surface area contributed by atoms with Crippen LogP contribution in [0.4, 0.5) is 0 Å². The lowest BCUT2D eigenvalue weighted by atomic mass is 10.5. The largest absolute Gasteiger partial charge is 0.396 e. The van der Waals surface area contributed by atoms with Crippen LogP contribution in [0.5, 0.6) is 0 Å². The van der Waals surface area contributed by atoms with Crippen molar-refractivity contribution in [3.05, 3.63) is 0 Å². The lowest BCUT2D eigenvalue weighted by molar-refractivity contribution is 0.290. The molecule has 0 bridgehead atoms. The van der Waals surface area contributed by atoms with Crippen molar-refractivity contribution in [2.24, 2.45) is 0 Å². The van der Waals surface area contributed by atoms with Gasteiger partial charge in [-0.3, -0.25) is 4.72 Å². The molecule has 0 saturated carbocycles. The summed E-state index contributed by atoms with van der Waals surface area (Å²) >= 11 is 1.58. The minimum absolute atomic E-state index is 0.285. The molecule has 0 saturated heterocycles. The first-order valence-electron chi connectivity index (χ1n) is 2.28. The van der Waals surface area contributed by atoms with Crippen molar-refractivity contribution in [3.63, 3.8) is 0 Å². The molecular weight excluding hydrogens is 110 g/mol. The molecule has 0 radical (unpaired) electrons. The fraction of sp³-hybridized carbons (Fsp3) is 1.00. The summed E-state index contributed by atoms with van der Waals surface area (Å²) in [5.74, 6) is 0. The van der Waals surface area contributed by atoms with Crippen molar-refractivity contribution in [2.75, 3.05) is 19.4 Å². The van der Waals surface area contributed by atoms with Crippen molar-refractivity contribution < 1.29 is 5.11 Å². The van der Waals surface area contributed by atoms with Crippen molar-refractivity contribution in [1.29, 1.82) is 0 Å². The van der Waals surface area contributed by atoms with Gasteiger partial charge in [-0.05, 0) is 12.7 Å². The first kappa shape index (κ1) is 7.27. The maximum atomic E-state index is 8.24. The van der Waals surface area contributed by atoms with Gasteiger partial charge in [-0.1, -0.05) is 11.9 Å². The monoisotopic (exact) mass is 121 g/mol. The van der Waals surface area contributed by atoms with Gasteiger partial charge in [0.15, 0.2) is 0 Å². The Morgan fingerprint density at radius 2 is 2.43 bits per heavy atom. The fourth-order valence-electron chi connectivity index (χ4n) is 0.253. The summed E-state index contributed by atoms with van der Waals surface area (Å²) in [5, 5.41) is 8.24. The van der Waals surface area contributed by atoms with Crippen LogP contribution in [0.3, 0.4) is 0 Å². The second kappa shape index (κ2) is 6.27. The highest BCUT2D eigenvalue weighted by Gasteiger charge is 1.78. The summed E-state index contributed by atoms with van der Waals surface area (Å²) in [4.78, 5) is 0. The first-order chi connectivity index (χ1) is 3.41. The second-order valence-electron chi connectivity index (χ2n) is 1.18. The van der Waals surface area contributed by atoms with Crippen LogP contribution in [0.15, 0.2) is 0 Å². The highest BCUT2D eigenvalue weighted by atomic mass is 32.2. The molecule has 0 aromatic heterocycles. The normalized spacial score (nSPS) is 9.43. The van der Waals surface area contributed by atoms with Crippen LogP contribution in [0.25, 0.3) is 0 Å². The number of aliphatic hydroxyl groups excluding tert-OH is 1. The van der Waals surface area contributed by atoms with E-state index in [4.69, 9.17) is 5.11 Å². The number of hydrogen-bond donors (Lipinski definition) is 2. The third-order valence-electron chi connectivity index (χ3n) is 0.581. The summed E-state index contributed by atoms with van der Waals surface area (Å²) in [6, 6.07) is 0. The number of aliphatic hydroxyl groups is 1. The SMILES string of the molecule is CSNCCCO. The van der Waals surface area contributed by atoms with E-state index in [-0.39, 0.29) is 6.61 Å². The zero-order valence-electron chi connectivity index (χ0n) is 4.48. The average Bonchev–Trinajstić information content (AvgIpc) is 1.69. The molecule has 44 valence electrons. The fourth-order valence-corrected chi connectivity index (χ4v) is 0.602. The summed E-state index contributed by atoms with van der Waals surface area (Å²) in [5.41, 5.74) is 0. The third kappa shape index (κ3) is 6.27. The van der Waals surface area contributed by atoms with Gasteiger partial charge in [-0.2, -0.15) is 0 Å². The van der Waals surface area contributed by atoms with E-state index >= 15 is 0 Å². The Bertz CT molecular complexity index is 30.9. The summed E-state index contributed by atoms with van der Waals surface area (Å²) in [7, 11) is 0. The van der Waals surface area contributed by atoms with Crippen LogP contribution in [-0.2, 0) is 0 Å². The van der Waals surface area contributed by atoms with Gasteiger partial charge >= 0.3 is 0 Å². The summed E-state index contributed by atoms with van der Waals surface area (Å²) in [6.07, 6.45) is 2.82. The first-order valence-corrected chi connectivity index (χ1v) is 3.51. The van der Waals surface area contributed by atoms with Gasteiger partial charge in [0.2, 0.25) is 0 Å². The highest BCUT2D eigenvalue weighted by molar-refractivity contribution is 7.96. The highest BCUT2D eigenvalue weighted by Crippen LogP contribution is 1.81. The van der Waals surface area contributed by atoms with Crippen LogP contribution in [0, 0.1) is 0 Å². The lowest BCUT2D eigenvalue weighted by Crippen LogP contribution is -2.05. The molecule has 0 amide bonds. The van der Waals surface area contributed by atoms with Gasteiger partial charge in [0.25, 0.3) is 0 Å². The molecule has 0 atom stereocenters. The van der Waals surface area contributed by atoms with Crippen LogP contribution in [0.1, 0.15) is 6.42 Å². The molecule has 0 spiro atoms. The molecule has 0 aliphatic rings. The Labute approximate surface area is 48.4 Å².